The number of carbonyl (C=O) groups excluding carboxylic acids is 2. The van der Waals surface area contributed by atoms with E-state index in [-0.39, 0.29) is 11.6 Å². The van der Waals surface area contributed by atoms with Crippen molar-refractivity contribution in [1.82, 2.24) is 19.6 Å². The van der Waals surface area contributed by atoms with E-state index in [2.05, 4.69) is 81.9 Å². The molecule has 0 spiro atoms. The van der Waals surface area contributed by atoms with Crippen molar-refractivity contribution in [2.45, 2.75) is 88.0 Å². The second kappa shape index (κ2) is 28.5. The van der Waals surface area contributed by atoms with Crippen LogP contribution in [-0.2, 0) is 0 Å². The van der Waals surface area contributed by atoms with Gasteiger partial charge in [-0.25, -0.2) is 0 Å². The molecular weight excluding hydrogens is 897 g/mol. The summed E-state index contributed by atoms with van der Waals surface area (Å²) in [5, 5.41) is 0. The molecule has 390 valence electrons. The standard InChI is InChI=1S/C29H43N3O4.C28H41N3O4/c1-6-11-17-34-23-20-24(36-19-16-32(9-4)10-5)28(30)27-26(23)25-21(29(27)33)13-12-14-22(25)35-18-15-31(7-2)8-3;1-6-30(7-2)15-11-17-34-21-14-10-13-20-24(21)25-22(33-5)19-23(27(29)26(25)28(20)32)35-18-12-16-31(8-3)9-4/h12-14,20H,6-11,15-19,30H2,1-5H3;10,13-14,19H,6-9,11-12,15-18,29H2,1-5H3. The Hall–Kier alpha value is -5.54. The molecule has 4 aromatic rings. The maximum Gasteiger partial charge on any atom is 0.196 e. The Morgan fingerprint density at radius 3 is 1.17 bits per heavy atom. The Balaban J connectivity index is 0.000000264. The number of likely N-dealkylation sites (N-methyl/N-ethyl adjacent to an activating group) is 2. The number of ether oxygens (including phenoxy) is 6. The van der Waals surface area contributed by atoms with Crippen molar-refractivity contribution in [3.8, 4) is 56.8 Å². The Bertz CT molecular complexity index is 2340. The van der Waals surface area contributed by atoms with Crippen LogP contribution in [0.5, 0.6) is 34.5 Å². The first-order valence-corrected chi connectivity index (χ1v) is 26.4. The van der Waals surface area contributed by atoms with Crippen LogP contribution < -0.4 is 39.9 Å². The molecule has 0 saturated carbocycles. The summed E-state index contributed by atoms with van der Waals surface area (Å²) in [5.41, 5.74) is 18.8. The van der Waals surface area contributed by atoms with Crippen molar-refractivity contribution in [2.75, 3.05) is 130 Å². The van der Waals surface area contributed by atoms with Crippen molar-refractivity contribution in [2.24, 2.45) is 0 Å². The smallest absolute Gasteiger partial charge is 0.196 e. The maximum absolute atomic E-state index is 13.6. The average molecular weight is 981 g/mol. The van der Waals surface area contributed by atoms with Crippen LogP contribution in [0, 0.1) is 0 Å². The molecule has 4 aromatic carbocycles. The van der Waals surface area contributed by atoms with E-state index in [0.717, 1.165) is 121 Å². The molecule has 14 heteroatoms. The van der Waals surface area contributed by atoms with Crippen LogP contribution in [-0.4, -0.2) is 150 Å². The summed E-state index contributed by atoms with van der Waals surface area (Å²) in [6, 6.07) is 14.9. The monoisotopic (exact) mass is 981 g/mol. The summed E-state index contributed by atoms with van der Waals surface area (Å²) in [4.78, 5) is 36.3. The van der Waals surface area contributed by atoms with Crippen LogP contribution in [0.4, 0.5) is 11.4 Å². The molecule has 2 aliphatic carbocycles. The first-order valence-electron chi connectivity index (χ1n) is 26.4. The lowest BCUT2D eigenvalue weighted by Crippen LogP contribution is -2.28. The molecule has 4 N–H and O–H groups in total. The number of methoxy groups -OCH3 is 1. The summed E-state index contributed by atoms with van der Waals surface area (Å²) < 4.78 is 36.5. The van der Waals surface area contributed by atoms with Gasteiger partial charge in [0.05, 0.1) is 49.4 Å². The highest BCUT2D eigenvalue weighted by Gasteiger charge is 2.38. The number of fused-ring (bicyclic) bond motifs is 6. The minimum absolute atomic E-state index is 0.110. The fourth-order valence-corrected chi connectivity index (χ4v) is 9.24. The highest BCUT2D eigenvalue weighted by atomic mass is 16.5. The zero-order valence-corrected chi connectivity index (χ0v) is 44.7. The van der Waals surface area contributed by atoms with Crippen LogP contribution in [0.1, 0.15) is 120 Å². The minimum atomic E-state index is -0.118. The van der Waals surface area contributed by atoms with Crippen LogP contribution in [0.25, 0.3) is 22.3 Å². The number of anilines is 2. The van der Waals surface area contributed by atoms with Gasteiger partial charge in [0, 0.05) is 71.7 Å². The van der Waals surface area contributed by atoms with Crippen LogP contribution >= 0.6 is 0 Å². The topological polar surface area (TPSA) is 155 Å². The third-order valence-corrected chi connectivity index (χ3v) is 13.7. The van der Waals surface area contributed by atoms with Gasteiger partial charge in [0.2, 0.25) is 0 Å². The van der Waals surface area contributed by atoms with Gasteiger partial charge >= 0.3 is 0 Å². The first kappa shape index (κ1) is 56.4. The third kappa shape index (κ3) is 13.7. The molecule has 6 rings (SSSR count). The van der Waals surface area contributed by atoms with Crippen LogP contribution in [0.3, 0.4) is 0 Å². The van der Waals surface area contributed by atoms with Gasteiger partial charge in [0.1, 0.15) is 47.7 Å². The third-order valence-electron chi connectivity index (χ3n) is 13.7. The van der Waals surface area contributed by atoms with E-state index in [1.807, 2.05) is 42.5 Å². The van der Waals surface area contributed by atoms with E-state index in [1.165, 1.54) is 0 Å². The van der Waals surface area contributed by atoms with E-state index in [4.69, 9.17) is 39.9 Å². The number of rotatable bonds is 31. The van der Waals surface area contributed by atoms with Gasteiger partial charge in [-0.05, 0) is 83.8 Å². The Labute approximate surface area is 424 Å². The Morgan fingerprint density at radius 1 is 0.394 bits per heavy atom. The molecule has 14 nitrogen and oxygen atoms in total. The van der Waals surface area contributed by atoms with Gasteiger partial charge in [-0.1, -0.05) is 93.0 Å². The maximum atomic E-state index is 13.6. The van der Waals surface area contributed by atoms with Gasteiger partial charge in [-0.2, -0.15) is 0 Å². The normalized spacial score (nSPS) is 12.3. The predicted octanol–water partition coefficient (Wildman–Crippen LogP) is 9.81. The van der Waals surface area contributed by atoms with Crippen LogP contribution in [0.2, 0.25) is 0 Å². The molecule has 0 bridgehead atoms. The molecular formula is C57H84N6O8. The molecule has 0 radical (unpaired) electrons. The fourth-order valence-electron chi connectivity index (χ4n) is 9.24. The average Bonchev–Trinajstić information content (AvgIpc) is 3.87. The largest absolute Gasteiger partial charge is 0.496 e. The summed E-state index contributed by atoms with van der Waals surface area (Å²) in [5.74, 6) is 3.31. The zero-order chi connectivity index (χ0) is 51.5. The predicted molar refractivity (Wildman–Crippen MR) is 289 cm³/mol. The fraction of sp³-hybridized carbons (Fsp3) is 0.544. The van der Waals surface area contributed by atoms with Gasteiger partial charge in [0.25, 0.3) is 0 Å². The van der Waals surface area contributed by atoms with Gasteiger partial charge in [-0.3, -0.25) is 9.59 Å². The quantitative estimate of drug-likeness (QED) is 0.0314. The number of ketones is 2. The SMILES string of the molecule is CCCCOc1cc(OCCN(CC)CC)c(N)c2c1-c1c(OCCN(CC)CC)cccc1C2=O.CCN(CC)CCCOc1cc(OC)c2c(c1N)C(=O)c1cccc(OCCCN(CC)CC)c1-2. The van der Waals surface area contributed by atoms with E-state index >= 15 is 0 Å². The number of hydrogen-bond acceptors (Lipinski definition) is 14. The minimum Gasteiger partial charge on any atom is -0.496 e. The van der Waals surface area contributed by atoms with E-state index < -0.39 is 0 Å². The lowest BCUT2D eigenvalue weighted by molar-refractivity contribution is 0.103. The van der Waals surface area contributed by atoms with Crippen molar-refractivity contribution >= 4 is 22.9 Å². The number of nitrogen functional groups attached to an aromatic ring is 2. The van der Waals surface area contributed by atoms with Crippen molar-refractivity contribution in [3.05, 3.63) is 70.8 Å². The van der Waals surface area contributed by atoms with Gasteiger partial charge in [-0.15, -0.1) is 0 Å². The number of hydrogen-bond donors (Lipinski definition) is 2. The van der Waals surface area contributed by atoms with E-state index in [1.54, 1.807) is 13.2 Å². The summed E-state index contributed by atoms with van der Waals surface area (Å²) >= 11 is 0. The summed E-state index contributed by atoms with van der Waals surface area (Å²) in [6.07, 6.45) is 3.71. The lowest BCUT2D eigenvalue weighted by atomic mass is 10.0. The lowest BCUT2D eigenvalue weighted by Gasteiger charge is -2.21. The molecule has 0 unspecified atom stereocenters. The number of nitrogens with zero attached hydrogens (tertiary/aromatic N) is 4. The van der Waals surface area contributed by atoms with Crippen molar-refractivity contribution in [3.63, 3.8) is 0 Å². The summed E-state index contributed by atoms with van der Waals surface area (Å²) in [7, 11) is 1.60. The molecule has 0 fully saturated rings. The Kier molecular flexibility index (Phi) is 22.6. The van der Waals surface area contributed by atoms with Gasteiger partial charge in [0.15, 0.2) is 11.6 Å². The molecule has 0 saturated heterocycles. The van der Waals surface area contributed by atoms with Crippen molar-refractivity contribution in [1.29, 1.82) is 0 Å². The zero-order valence-electron chi connectivity index (χ0n) is 44.7. The Morgan fingerprint density at radius 2 is 0.746 bits per heavy atom. The highest BCUT2D eigenvalue weighted by molar-refractivity contribution is 6.27. The molecule has 0 heterocycles. The summed E-state index contributed by atoms with van der Waals surface area (Å²) in [6.45, 7) is 33.4. The molecule has 2 aliphatic rings. The van der Waals surface area contributed by atoms with Crippen LogP contribution in [0.15, 0.2) is 48.5 Å². The molecule has 71 heavy (non-hydrogen) atoms. The first-order chi connectivity index (χ1) is 34.5. The second-order valence-electron chi connectivity index (χ2n) is 17.7. The number of benzene rings is 4. The van der Waals surface area contributed by atoms with E-state index in [9.17, 15) is 9.59 Å². The number of carbonyl (C=O) groups is 2. The molecule has 0 aliphatic heterocycles. The number of nitrogens with two attached hydrogens (primary N) is 2. The molecule has 0 atom stereocenters. The van der Waals surface area contributed by atoms with Gasteiger partial charge < -0.3 is 59.5 Å². The van der Waals surface area contributed by atoms with Crippen molar-refractivity contribution < 1.29 is 38.0 Å². The molecule has 0 aromatic heterocycles. The second-order valence-corrected chi connectivity index (χ2v) is 17.7. The number of unbranched alkanes of at least 4 members (excludes halogenated alkanes) is 1. The highest BCUT2D eigenvalue weighted by Crippen LogP contribution is 2.53. The molecule has 0 amide bonds. The van der Waals surface area contributed by atoms with E-state index in [0.29, 0.717) is 107 Å².